The Balaban J connectivity index is 0.000000217. The summed E-state index contributed by atoms with van der Waals surface area (Å²) in [5.41, 5.74) is -1.17. The number of rotatable bonds is 6. The second-order valence-electron chi connectivity index (χ2n) is 14.5. The van der Waals surface area contributed by atoms with Crippen molar-refractivity contribution in [1.29, 1.82) is 10.3 Å². The molecule has 54 heavy (non-hydrogen) atoms. The van der Waals surface area contributed by atoms with Crippen molar-refractivity contribution in [3.05, 3.63) is 182 Å². The molecule has 280 valence electrons. The van der Waals surface area contributed by atoms with E-state index in [1.807, 2.05) is 109 Å². The van der Waals surface area contributed by atoms with Crippen LogP contribution in [0.3, 0.4) is 0 Å². The fourth-order valence-corrected chi connectivity index (χ4v) is 10.3. The maximum absolute atomic E-state index is 10.0. The molecule has 0 aliphatic heterocycles. The zero-order valence-corrected chi connectivity index (χ0v) is 33.7. The highest BCUT2D eigenvalue weighted by molar-refractivity contribution is 7.86. The van der Waals surface area contributed by atoms with Crippen LogP contribution in [-0.2, 0) is 9.59 Å². The van der Waals surface area contributed by atoms with Crippen LogP contribution in [0.25, 0.3) is 0 Å². The minimum atomic E-state index is -2.28. The lowest BCUT2D eigenvalue weighted by Gasteiger charge is -2.24. The maximum Gasteiger partial charge on any atom is 0.308 e. The SMILES string of the molecule is CC(C)(C)C(=O)O.CC(C)(C)C(=O)O.N=P(c1ccccc1)(c1ccccc1)c1ccccc1.N=P(c1ccccc1)(c1ccccc1)c1ccccc1. The van der Waals surface area contributed by atoms with Crippen LogP contribution in [0.5, 0.6) is 0 Å². The van der Waals surface area contributed by atoms with Crippen LogP contribution < -0.4 is 31.8 Å². The summed E-state index contributed by atoms with van der Waals surface area (Å²) in [6.45, 7) is 9.97. The van der Waals surface area contributed by atoms with Crippen LogP contribution >= 0.6 is 14.1 Å². The van der Waals surface area contributed by atoms with E-state index < -0.39 is 36.9 Å². The van der Waals surface area contributed by atoms with E-state index in [2.05, 4.69) is 72.8 Å². The van der Waals surface area contributed by atoms with Gasteiger partial charge in [-0.2, -0.15) is 0 Å². The highest BCUT2D eigenvalue weighted by atomic mass is 31.2. The number of hydrogen-bond acceptors (Lipinski definition) is 4. The quantitative estimate of drug-likeness (QED) is 0.126. The summed E-state index contributed by atoms with van der Waals surface area (Å²) < 4.78 is 0. The van der Waals surface area contributed by atoms with Crippen molar-refractivity contribution in [2.75, 3.05) is 0 Å². The molecule has 8 heteroatoms. The van der Waals surface area contributed by atoms with Crippen LogP contribution in [0.1, 0.15) is 41.5 Å². The first kappa shape index (κ1) is 43.1. The number of hydrogen-bond donors (Lipinski definition) is 4. The molecule has 0 atom stereocenters. The molecule has 0 spiro atoms. The molecule has 0 bridgehead atoms. The Morgan fingerprint density at radius 2 is 0.463 bits per heavy atom. The Bertz CT molecular complexity index is 1750. The molecular formula is C46H52N2O4P2. The first-order valence-electron chi connectivity index (χ1n) is 17.6. The molecule has 6 aromatic carbocycles. The van der Waals surface area contributed by atoms with E-state index in [1.54, 1.807) is 41.5 Å². The summed E-state index contributed by atoms with van der Waals surface area (Å²) >= 11 is 0. The molecule has 6 nitrogen and oxygen atoms in total. The highest BCUT2D eigenvalue weighted by Crippen LogP contribution is 2.43. The van der Waals surface area contributed by atoms with Crippen molar-refractivity contribution in [1.82, 2.24) is 0 Å². The fraction of sp³-hybridized carbons (Fsp3) is 0.174. The van der Waals surface area contributed by atoms with Gasteiger partial charge in [-0.3, -0.25) is 9.59 Å². The number of aliphatic carboxylic acids is 2. The Morgan fingerprint density at radius 3 is 0.556 bits per heavy atom. The van der Waals surface area contributed by atoms with Crippen LogP contribution in [-0.4, -0.2) is 22.2 Å². The molecule has 0 unspecified atom stereocenters. The number of carboxylic acid groups (broad SMARTS) is 2. The molecule has 0 aromatic heterocycles. The molecule has 0 aliphatic rings. The van der Waals surface area contributed by atoms with Gasteiger partial charge in [0.15, 0.2) is 0 Å². The topological polar surface area (TPSA) is 122 Å². The van der Waals surface area contributed by atoms with Crippen molar-refractivity contribution in [3.8, 4) is 0 Å². The Hall–Kier alpha value is -5.28. The molecule has 0 fully saturated rings. The standard InChI is InChI=1S/2C18H16NP.2C5H10O2/c2*19-20(16-10-4-1-5-11-16,17-12-6-2-7-13-17)18-14-8-3-9-15-18;2*1-5(2,3)4(6)7/h2*1-15,19H;2*1-3H3,(H,6,7). The van der Waals surface area contributed by atoms with Crippen molar-refractivity contribution in [3.63, 3.8) is 0 Å². The number of benzene rings is 6. The Morgan fingerprint density at radius 1 is 0.352 bits per heavy atom. The van der Waals surface area contributed by atoms with Gasteiger partial charge in [-0.05, 0) is 73.4 Å². The Kier molecular flexibility index (Phi) is 15.7. The lowest BCUT2D eigenvalue weighted by atomic mass is 9.98. The summed E-state index contributed by atoms with van der Waals surface area (Å²) in [4.78, 5) is 20.0. The average Bonchev–Trinajstić information content (AvgIpc) is 3.19. The summed E-state index contributed by atoms with van der Waals surface area (Å²) in [6, 6.07) is 61.1. The fourth-order valence-electron chi connectivity index (χ4n) is 4.80. The lowest BCUT2D eigenvalue weighted by molar-refractivity contribution is -0.146. The van der Waals surface area contributed by atoms with Gasteiger partial charge in [-0.15, -0.1) is 0 Å². The number of carbonyl (C=O) groups is 2. The molecule has 0 radical (unpaired) electrons. The molecule has 4 N–H and O–H groups in total. The molecule has 0 saturated heterocycles. The molecule has 6 rings (SSSR count). The van der Waals surface area contributed by atoms with Gasteiger partial charge in [0, 0.05) is 0 Å². The first-order chi connectivity index (χ1) is 25.5. The monoisotopic (exact) mass is 758 g/mol. The molecule has 0 aliphatic carbocycles. The van der Waals surface area contributed by atoms with Crippen molar-refractivity contribution >= 4 is 57.9 Å². The van der Waals surface area contributed by atoms with Crippen LogP contribution in [0, 0.1) is 21.2 Å². The van der Waals surface area contributed by atoms with Gasteiger partial charge in [-0.25, -0.2) is 0 Å². The maximum atomic E-state index is 10.0. The summed E-state index contributed by atoms with van der Waals surface area (Å²) in [5.74, 6) is -1.51. The molecule has 0 saturated carbocycles. The third-order valence-electron chi connectivity index (χ3n) is 8.14. The molecular weight excluding hydrogens is 706 g/mol. The Labute approximate surface area is 321 Å². The lowest BCUT2D eigenvalue weighted by Crippen LogP contribution is -2.24. The molecule has 0 amide bonds. The zero-order chi connectivity index (χ0) is 39.8. The number of nitrogens with one attached hydrogen (secondary N) is 2. The minimum absolute atomic E-state index is 0.583. The smallest absolute Gasteiger partial charge is 0.308 e. The minimum Gasteiger partial charge on any atom is -0.481 e. The van der Waals surface area contributed by atoms with E-state index in [1.165, 1.54) is 0 Å². The van der Waals surface area contributed by atoms with E-state index in [9.17, 15) is 19.9 Å². The van der Waals surface area contributed by atoms with Gasteiger partial charge >= 0.3 is 11.9 Å². The van der Waals surface area contributed by atoms with E-state index in [4.69, 9.17) is 10.2 Å². The van der Waals surface area contributed by atoms with E-state index in [0.29, 0.717) is 0 Å². The van der Waals surface area contributed by atoms with E-state index >= 15 is 0 Å². The second-order valence-corrected chi connectivity index (χ2v) is 20.2. The summed E-state index contributed by atoms with van der Waals surface area (Å²) in [7, 11) is -4.55. The van der Waals surface area contributed by atoms with Crippen LogP contribution in [0.4, 0.5) is 0 Å². The van der Waals surface area contributed by atoms with Crippen molar-refractivity contribution < 1.29 is 19.8 Å². The van der Waals surface area contributed by atoms with Gasteiger partial charge in [-0.1, -0.05) is 182 Å². The molecule has 0 heterocycles. The van der Waals surface area contributed by atoms with Gasteiger partial charge in [0.25, 0.3) is 0 Å². The highest BCUT2D eigenvalue weighted by Gasteiger charge is 2.25. The second kappa shape index (κ2) is 19.7. The van der Waals surface area contributed by atoms with Crippen LogP contribution in [0.15, 0.2) is 182 Å². The predicted octanol–water partition coefficient (Wildman–Crippen LogP) is 9.72. The van der Waals surface area contributed by atoms with Gasteiger partial charge < -0.3 is 20.5 Å². The van der Waals surface area contributed by atoms with Crippen molar-refractivity contribution in [2.45, 2.75) is 41.5 Å². The van der Waals surface area contributed by atoms with E-state index in [0.717, 1.165) is 31.8 Å². The summed E-state index contributed by atoms with van der Waals surface area (Å²) in [6.07, 6.45) is 0. The van der Waals surface area contributed by atoms with Crippen LogP contribution in [0.2, 0.25) is 0 Å². The third kappa shape index (κ3) is 11.9. The predicted molar refractivity (Wildman–Crippen MR) is 230 cm³/mol. The van der Waals surface area contributed by atoms with Gasteiger partial charge in [0.1, 0.15) is 0 Å². The summed E-state index contributed by atoms with van der Waals surface area (Å²) in [5, 5.41) is 41.6. The van der Waals surface area contributed by atoms with Crippen molar-refractivity contribution in [2.24, 2.45) is 10.8 Å². The number of carboxylic acids is 2. The normalized spacial score (nSPS) is 11.2. The molecule has 6 aromatic rings. The van der Waals surface area contributed by atoms with E-state index in [-0.39, 0.29) is 0 Å². The largest absolute Gasteiger partial charge is 0.481 e. The first-order valence-corrected chi connectivity index (χ1v) is 21.2. The van der Waals surface area contributed by atoms with Gasteiger partial charge in [0.2, 0.25) is 0 Å². The third-order valence-corrected chi connectivity index (χ3v) is 14.6. The zero-order valence-electron chi connectivity index (χ0n) is 31.9. The van der Waals surface area contributed by atoms with Gasteiger partial charge in [0.05, 0.1) is 24.9 Å². The average molecular weight is 759 g/mol.